The molecule has 0 radical (unpaired) electrons. The minimum absolute atomic E-state index is 0.119. The maximum atomic E-state index is 12.0. The fourth-order valence-electron chi connectivity index (χ4n) is 2.38. The second-order valence-corrected chi connectivity index (χ2v) is 8.67. The van der Waals surface area contributed by atoms with E-state index in [1.54, 1.807) is 12.1 Å². The molecule has 0 saturated heterocycles. The van der Waals surface area contributed by atoms with Crippen molar-refractivity contribution in [1.82, 2.24) is 5.43 Å². The summed E-state index contributed by atoms with van der Waals surface area (Å²) in [5.41, 5.74) is 4.32. The number of anilines is 1. The van der Waals surface area contributed by atoms with Crippen molar-refractivity contribution >= 4 is 58.8 Å². The zero-order chi connectivity index (χ0) is 21.9. The van der Waals surface area contributed by atoms with E-state index >= 15 is 0 Å². The highest BCUT2D eigenvalue weighted by Gasteiger charge is 2.07. The predicted octanol–water partition coefficient (Wildman–Crippen LogP) is 5.05. The molecule has 0 aliphatic rings. The van der Waals surface area contributed by atoms with Crippen LogP contribution < -0.4 is 10.7 Å². The van der Waals surface area contributed by atoms with Crippen molar-refractivity contribution < 1.29 is 14.0 Å². The first-order valence-corrected chi connectivity index (χ1v) is 11.8. The van der Waals surface area contributed by atoms with Crippen LogP contribution in [0, 0.1) is 0 Å². The molecule has 0 saturated carbocycles. The third-order valence-corrected chi connectivity index (χ3v) is 5.97. The average molecular weight is 474 g/mol. The van der Waals surface area contributed by atoms with E-state index in [0.717, 1.165) is 11.3 Å². The zero-order valence-electron chi connectivity index (χ0n) is 16.4. The summed E-state index contributed by atoms with van der Waals surface area (Å²) in [6, 6.07) is 20.3. The highest BCUT2D eigenvalue weighted by atomic mass is 35.5. The van der Waals surface area contributed by atoms with Crippen molar-refractivity contribution in [2.75, 3.05) is 16.8 Å². The van der Waals surface area contributed by atoms with Crippen LogP contribution in [0.2, 0.25) is 5.02 Å². The topological polar surface area (TPSA) is 83.7 Å². The minimum Gasteiger partial charge on any atom is -0.449 e. The quantitative estimate of drug-likeness (QED) is 0.244. The van der Waals surface area contributed by atoms with E-state index in [-0.39, 0.29) is 23.3 Å². The van der Waals surface area contributed by atoms with Gasteiger partial charge in [0.05, 0.1) is 17.7 Å². The smallest absolute Gasteiger partial charge is 0.250 e. The number of halogens is 1. The van der Waals surface area contributed by atoms with Crippen molar-refractivity contribution in [2.45, 2.75) is 10.8 Å². The standard InChI is InChI=1S/C22H20ClN3O3S2/c23-17-8-6-16(7-9-17)13-30-14-21(28)26-24-12-19-10-11-22(29-19)31-15-20(27)25-18-4-2-1-3-5-18/h1-12H,13-15H2,(H,25,27)(H,26,28)/b24-12-. The Morgan fingerprint density at radius 1 is 0.968 bits per heavy atom. The van der Waals surface area contributed by atoms with Gasteiger partial charge in [-0.3, -0.25) is 9.59 Å². The van der Waals surface area contributed by atoms with Crippen LogP contribution in [0.25, 0.3) is 0 Å². The molecule has 160 valence electrons. The number of amides is 2. The lowest BCUT2D eigenvalue weighted by atomic mass is 10.2. The lowest BCUT2D eigenvalue weighted by Crippen LogP contribution is -2.19. The predicted molar refractivity (Wildman–Crippen MR) is 128 cm³/mol. The van der Waals surface area contributed by atoms with Gasteiger partial charge in [0.1, 0.15) is 5.76 Å². The number of rotatable bonds is 10. The molecule has 1 heterocycles. The molecule has 3 aromatic rings. The van der Waals surface area contributed by atoms with Gasteiger partial charge in [-0.1, -0.05) is 53.7 Å². The van der Waals surface area contributed by atoms with Crippen molar-refractivity contribution in [2.24, 2.45) is 5.10 Å². The summed E-state index contributed by atoms with van der Waals surface area (Å²) in [4.78, 5) is 23.8. The monoisotopic (exact) mass is 473 g/mol. The van der Waals surface area contributed by atoms with Gasteiger partial charge >= 0.3 is 0 Å². The molecule has 9 heteroatoms. The van der Waals surface area contributed by atoms with Crippen molar-refractivity contribution in [3.8, 4) is 0 Å². The summed E-state index contributed by atoms with van der Waals surface area (Å²) in [7, 11) is 0. The molecule has 2 N–H and O–H groups in total. The Kier molecular flexibility index (Phi) is 9.08. The zero-order valence-corrected chi connectivity index (χ0v) is 18.8. The van der Waals surface area contributed by atoms with Crippen molar-refractivity contribution in [3.63, 3.8) is 0 Å². The first-order chi connectivity index (χ1) is 15.1. The molecule has 0 unspecified atom stereocenters. The van der Waals surface area contributed by atoms with Gasteiger partial charge in [0, 0.05) is 16.5 Å². The normalized spacial score (nSPS) is 10.9. The number of hydrogen-bond donors (Lipinski definition) is 2. The highest BCUT2D eigenvalue weighted by Crippen LogP contribution is 2.20. The van der Waals surface area contributed by atoms with Gasteiger partial charge in [0.2, 0.25) is 11.8 Å². The molecule has 0 aliphatic carbocycles. The minimum atomic E-state index is -0.200. The van der Waals surface area contributed by atoms with E-state index in [0.29, 0.717) is 21.6 Å². The fourth-order valence-corrected chi connectivity index (χ4v) is 3.95. The van der Waals surface area contributed by atoms with Crippen molar-refractivity contribution in [3.05, 3.63) is 83.1 Å². The molecule has 1 aromatic heterocycles. The van der Waals surface area contributed by atoms with Crippen LogP contribution in [0.15, 0.2) is 81.3 Å². The Morgan fingerprint density at radius 2 is 1.74 bits per heavy atom. The van der Waals surface area contributed by atoms with Crippen LogP contribution in [0.4, 0.5) is 5.69 Å². The molecule has 0 atom stereocenters. The third-order valence-electron chi connectivity index (χ3n) is 3.80. The molecule has 3 rings (SSSR count). The van der Waals surface area contributed by atoms with E-state index in [1.807, 2.05) is 54.6 Å². The molecule has 31 heavy (non-hydrogen) atoms. The van der Waals surface area contributed by atoms with Gasteiger partial charge in [-0.25, -0.2) is 5.43 Å². The number of nitrogens with zero attached hydrogens (tertiary/aromatic N) is 1. The SMILES string of the molecule is O=C(CSCc1ccc(Cl)cc1)N/N=C\c1ccc(SCC(=O)Nc2ccccc2)o1. The van der Waals surface area contributed by atoms with Gasteiger partial charge < -0.3 is 9.73 Å². The second-order valence-electron chi connectivity index (χ2n) is 6.27. The molecule has 0 bridgehead atoms. The number of furan rings is 1. The number of para-hydroxylation sites is 1. The number of nitrogens with one attached hydrogen (secondary N) is 2. The molecule has 2 amide bonds. The average Bonchev–Trinajstić information content (AvgIpc) is 3.22. The summed E-state index contributed by atoms with van der Waals surface area (Å²) in [5, 5.41) is 8.00. The lowest BCUT2D eigenvalue weighted by Gasteiger charge is -2.03. The number of hydrazone groups is 1. The third kappa shape index (κ3) is 8.53. The maximum Gasteiger partial charge on any atom is 0.250 e. The van der Waals surface area contributed by atoms with Crippen molar-refractivity contribution in [1.29, 1.82) is 0 Å². The summed E-state index contributed by atoms with van der Waals surface area (Å²) in [6.45, 7) is 0. The van der Waals surface area contributed by atoms with E-state index < -0.39 is 0 Å². The molecular formula is C22H20ClN3O3S2. The molecule has 2 aromatic carbocycles. The summed E-state index contributed by atoms with van der Waals surface area (Å²) in [6.07, 6.45) is 1.43. The second kappa shape index (κ2) is 12.2. The van der Waals surface area contributed by atoms with Crippen LogP contribution >= 0.6 is 35.1 Å². The first kappa shape index (κ1) is 23.0. The van der Waals surface area contributed by atoms with E-state index in [1.165, 1.54) is 29.7 Å². The highest BCUT2D eigenvalue weighted by molar-refractivity contribution is 7.99. The van der Waals surface area contributed by atoms with Gasteiger partial charge in [0.25, 0.3) is 0 Å². The fraction of sp³-hybridized carbons (Fsp3) is 0.136. The molecule has 6 nitrogen and oxygen atoms in total. The summed E-state index contributed by atoms with van der Waals surface area (Å²) >= 11 is 8.62. The maximum absolute atomic E-state index is 12.0. The number of carbonyl (C=O) groups is 2. The molecule has 0 aliphatic heterocycles. The Hall–Kier alpha value is -2.68. The Bertz CT molecular complexity index is 1020. The van der Waals surface area contributed by atoms with Crippen LogP contribution in [-0.4, -0.2) is 29.5 Å². The van der Waals surface area contributed by atoms with Gasteiger partial charge in [-0.2, -0.15) is 5.10 Å². The Balaban J connectivity index is 1.34. The number of thioether (sulfide) groups is 2. The number of hydrogen-bond acceptors (Lipinski definition) is 6. The molecular weight excluding hydrogens is 454 g/mol. The van der Waals surface area contributed by atoms with Gasteiger partial charge in [0.15, 0.2) is 5.09 Å². The van der Waals surface area contributed by atoms with Crippen LogP contribution in [0.5, 0.6) is 0 Å². The number of benzene rings is 2. The largest absolute Gasteiger partial charge is 0.449 e. The molecule has 0 spiro atoms. The molecule has 0 fully saturated rings. The first-order valence-electron chi connectivity index (χ1n) is 9.30. The van der Waals surface area contributed by atoms with Crippen LogP contribution in [0.1, 0.15) is 11.3 Å². The lowest BCUT2D eigenvalue weighted by molar-refractivity contribution is -0.118. The number of carbonyl (C=O) groups excluding carboxylic acids is 2. The van der Waals surface area contributed by atoms with E-state index in [2.05, 4.69) is 15.8 Å². The van der Waals surface area contributed by atoms with E-state index in [9.17, 15) is 9.59 Å². The van der Waals surface area contributed by atoms with Gasteiger partial charge in [-0.15, -0.1) is 11.8 Å². The van der Waals surface area contributed by atoms with Gasteiger partial charge in [-0.05, 0) is 42.0 Å². The Morgan fingerprint density at radius 3 is 2.52 bits per heavy atom. The van der Waals surface area contributed by atoms with Crippen LogP contribution in [-0.2, 0) is 15.3 Å². The van der Waals surface area contributed by atoms with E-state index in [4.69, 9.17) is 16.0 Å². The summed E-state index contributed by atoms with van der Waals surface area (Å²) in [5.74, 6) is 1.39. The van der Waals surface area contributed by atoms with Crippen LogP contribution in [0.3, 0.4) is 0 Å². The summed E-state index contributed by atoms with van der Waals surface area (Å²) < 4.78 is 5.58. The Labute approximate surface area is 193 Å².